The number of aromatic nitrogens is 2. The van der Waals surface area contributed by atoms with E-state index in [0.29, 0.717) is 12.8 Å². The normalized spacial score (nSPS) is 18.2. The monoisotopic (exact) mass is 609 g/mol. The molecule has 0 aliphatic heterocycles. The second kappa shape index (κ2) is 15.9. The van der Waals surface area contributed by atoms with Gasteiger partial charge in [0.2, 0.25) is 0 Å². The van der Waals surface area contributed by atoms with Crippen molar-refractivity contribution in [2.45, 2.75) is 70.3 Å². The number of imidazole rings is 1. The van der Waals surface area contributed by atoms with Gasteiger partial charge in [0.25, 0.3) is 0 Å². The van der Waals surface area contributed by atoms with E-state index in [2.05, 4.69) is 55.6 Å². The Morgan fingerprint density at radius 1 is 1.15 bits per heavy atom. The van der Waals surface area contributed by atoms with E-state index in [1.165, 1.54) is 18.7 Å². The number of carbonyl (C=O) groups excluding carboxylic acids is 1. The first-order valence-electron chi connectivity index (χ1n) is 14.3. The van der Waals surface area contributed by atoms with Crippen molar-refractivity contribution in [3.8, 4) is 0 Å². The fraction of sp³-hybridized carbons (Fsp3) is 0.562. The average Bonchev–Trinajstić information content (AvgIpc) is 3.22. The predicted octanol–water partition coefficient (Wildman–Crippen LogP) is 6.91. The number of esters is 1. The molecule has 0 fully saturated rings. The Morgan fingerprint density at radius 2 is 1.90 bits per heavy atom. The van der Waals surface area contributed by atoms with Crippen molar-refractivity contribution in [3.05, 3.63) is 65.2 Å². The zero-order valence-electron chi connectivity index (χ0n) is 25.0. The second-order valence-electron chi connectivity index (χ2n) is 11.5. The summed E-state index contributed by atoms with van der Waals surface area (Å²) in [5.41, 5.74) is 3.74. The van der Waals surface area contributed by atoms with Crippen LogP contribution in [0, 0.1) is 11.7 Å². The molecule has 0 radical (unpaired) electrons. The van der Waals surface area contributed by atoms with Gasteiger partial charge in [0, 0.05) is 39.5 Å². The minimum atomic E-state index is -0.636. The summed E-state index contributed by atoms with van der Waals surface area (Å²) < 4.78 is 27.6. The third-order valence-corrected chi connectivity index (χ3v) is 8.31. The van der Waals surface area contributed by atoms with Crippen molar-refractivity contribution in [2.24, 2.45) is 13.0 Å². The number of benzene rings is 2. The van der Waals surface area contributed by atoms with Crippen LogP contribution in [-0.2, 0) is 34.2 Å². The van der Waals surface area contributed by atoms with Crippen LogP contribution in [0.3, 0.4) is 0 Å². The Bertz CT molecular complexity index is 1270. The molecule has 0 bridgehead atoms. The fourth-order valence-electron chi connectivity index (χ4n) is 6.42. The van der Waals surface area contributed by atoms with Crippen LogP contribution in [0.15, 0.2) is 42.5 Å². The number of hydrogen-bond donors (Lipinski definition) is 0. The quantitative estimate of drug-likeness (QED) is 0.156. The van der Waals surface area contributed by atoms with Gasteiger partial charge in [0.1, 0.15) is 23.8 Å². The molecule has 4 rings (SSSR count). The third kappa shape index (κ3) is 8.44. The maximum absolute atomic E-state index is 14.0. The molecule has 6 nitrogen and oxygen atoms in total. The molecule has 1 heterocycles. The first kappa shape index (κ1) is 35.0. The number of methoxy groups -OCH3 is 1. The van der Waals surface area contributed by atoms with Gasteiger partial charge < -0.3 is 18.9 Å². The van der Waals surface area contributed by atoms with Crippen molar-refractivity contribution in [3.63, 3.8) is 0 Å². The molecule has 0 saturated carbocycles. The van der Waals surface area contributed by atoms with Crippen LogP contribution < -0.4 is 0 Å². The van der Waals surface area contributed by atoms with Crippen LogP contribution in [0.25, 0.3) is 11.0 Å². The van der Waals surface area contributed by atoms with Gasteiger partial charge >= 0.3 is 5.97 Å². The van der Waals surface area contributed by atoms with Gasteiger partial charge in [-0.15, -0.1) is 24.8 Å². The number of ether oxygens (including phenoxy) is 2. The summed E-state index contributed by atoms with van der Waals surface area (Å²) >= 11 is 0. The van der Waals surface area contributed by atoms with Crippen molar-refractivity contribution in [1.29, 1.82) is 0 Å². The summed E-state index contributed by atoms with van der Waals surface area (Å²) in [4.78, 5) is 19.8. The molecule has 3 aromatic rings. The van der Waals surface area contributed by atoms with Crippen molar-refractivity contribution in [1.82, 2.24) is 14.5 Å². The highest BCUT2D eigenvalue weighted by Crippen LogP contribution is 2.48. The third-order valence-electron chi connectivity index (χ3n) is 8.31. The molecule has 0 spiro atoms. The number of aryl methyl sites for hydroxylation is 3. The Hall–Kier alpha value is -2.19. The molecule has 0 unspecified atom stereocenters. The molecule has 2 aromatic carbocycles. The molecule has 2 atom stereocenters. The van der Waals surface area contributed by atoms with Crippen LogP contribution >= 0.6 is 24.8 Å². The molecule has 0 saturated heterocycles. The van der Waals surface area contributed by atoms with Gasteiger partial charge in [0.15, 0.2) is 0 Å². The van der Waals surface area contributed by atoms with Crippen molar-refractivity contribution < 1.29 is 18.7 Å². The maximum Gasteiger partial charge on any atom is 0.332 e. The number of para-hydroxylation sites is 2. The lowest BCUT2D eigenvalue weighted by atomic mass is 9.65. The first-order chi connectivity index (χ1) is 18.7. The summed E-state index contributed by atoms with van der Waals surface area (Å²) in [6.07, 6.45) is 6.44. The lowest BCUT2D eigenvalue weighted by Gasteiger charge is -2.47. The van der Waals surface area contributed by atoms with E-state index in [1.54, 1.807) is 6.07 Å². The van der Waals surface area contributed by atoms with Gasteiger partial charge in [-0.2, -0.15) is 0 Å². The largest absolute Gasteiger partial charge is 0.457 e. The summed E-state index contributed by atoms with van der Waals surface area (Å²) in [5, 5.41) is 0. The summed E-state index contributed by atoms with van der Waals surface area (Å²) in [7, 11) is 5.75. The highest BCUT2D eigenvalue weighted by Gasteiger charge is 2.47. The Labute approximate surface area is 256 Å². The Morgan fingerprint density at radius 3 is 2.61 bits per heavy atom. The van der Waals surface area contributed by atoms with E-state index in [1.807, 2.05) is 12.1 Å². The van der Waals surface area contributed by atoms with E-state index in [9.17, 15) is 9.18 Å². The fourth-order valence-corrected chi connectivity index (χ4v) is 6.42. The molecule has 1 aliphatic rings. The molecule has 0 amide bonds. The number of fused-ring (bicyclic) bond motifs is 2. The highest BCUT2D eigenvalue weighted by atomic mass is 35.5. The number of halogens is 3. The number of rotatable bonds is 13. The first-order valence-corrected chi connectivity index (χ1v) is 14.3. The number of unbranched alkanes of at least 4 members (excludes halogenated alkanes) is 2. The van der Waals surface area contributed by atoms with Crippen LogP contribution in [0.4, 0.5) is 4.39 Å². The molecule has 1 aliphatic carbocycles. The molecule has 228 valence electrons. The number of nitrogens with zero attached hydrogens (tertiary/aromatic N) is 3. The van der Waals surface area contributed by atoms with Gasteiger partial charge in [-0.05, 0) is 80.6 Å². The van der Waals surface area contributed by atoms with Crippen LogP contribution in [0.1, 0.15) is 68.8 Å². The van der Waals surface area contributed by atoms with E-state index in [0.717, 1.165) is 67.7 Å². The number of hydrogen-bond acceptors (Lipinski definition) is 5. The lowest BCUT2D eigenvalue weighted by molar-refractivity contribution is -0.172. The summed E-state index contributed by atoms with van der Waals surface area (Å²) in [6, 6.07) is 13.3. The minimum absolute atomic E-state index is 0. The highest BCUT2D eigenvalue weighted by molar-refractivity contribution is 5.85. The van der Waals surface area contributed by atoms with Crippen molar-refractivity contribution >= 4 is 41.8 Å². The topological polar surface area (TPSA) is 56.6 Å². The molecule has 1 aromatic heterocycles. The lowest BCUT2D eigenvalue weighted by Crippen LogP contribution is -2.49. The predicted molar refractivity (Wildman–Crippen MR) is 168 cm³/mol. The number of carbonyl (C=O) groups is 1. The van der Waals surface area contributed by atoms with Gasteiger partial charge in [0.05, 0.1) is 11.0 Å². The van der Waals surface area contributed by atoms with Crippen LogP contribution in [-0.4, -0.2) is 59.9 Å². The molecule has 0 N–H and O–H groups in total. The van der Waals surface area contributed by atoms with E-state index < -0.39 is 5.60 Å². The minimum Gasteiger partial charge on any atom is -0.457 e. The van der Waals surface area contributed by atoms with Crippen LogP contribution in [0.5, 0.6) is 0 Å². The van der Waals surface area contributed by atoms with Crippen LogP contribution in [0.2, 0.25) is 0 Å². The maximum atomic E-state index is 14.0. The average molecular weight is 611 g/mol. The molecular formula is C32H46Cl2FN3O3. The van der Waals surface area contributed by atoms with E-state index in [4.69, 9.17) is 14.5 Å². The molecule has 9 heteroatoms. The molecule has 41 heavy (non-hydrogen) atoms. The van der Waals surface area contributed by atoms with Gasteiger partial charge in [-0.1, -0.05) is 38.5 Å². The Kier molecular flexibility index (Phi) is 13.6. The summed E-state index contributed by atoms with van der Waals surface area (Å²) in [5.74, 6) is 0.832. The smallest absolute Gasteiger partial charge is 0.332 e. The van der Waals surface area contributed by atoms with E-state index in [-0.39, 0.29) is 55.0 Å². The van der Waals surface area contributed by atoms with Gasteiger partial charge in [-0.25, -0.2) is 14.2 Å². The second-order valence-corrected chi connectivity index (χ2v) is 11.5. The standard InChI is InChI=1S/C32H44FN3O3.2ClH/c1-23(2)31-26-15-14-25(33)21-24(26)16-17-32(31,39-30(37)22-38-5)18-20-35(3)19-10-6-7-13-29-34-27-11-8-9-12-28(27)36(29)4;;/h8-9,11-12,14-15,21,23,31H,6-7,10,13,16-20,22H2,1-5H3;2*1H/t31-,32-;;/m0../s1. The van der Waals surface area contributed by atoms with Crippen molar-refractivity contribution in [2.75, 3.05) is 33.9 Å². The summed E-state index contributed by atoms with van der Waals surface area (Å²) in [6.45, 7) is 6.07. The zero-order chi connectivity index (χ0) is 28.0. The van der Waals surface area contributed by atoms with E-state index >= 15 is 0 Å². The Balaban J connectivity index is 0.00000294. The zero-order valence-corrected chi connectivity index (χ0v) is 26.7. The SMILES string of the molecule is COCC(=O)O[C@]1(CCN(C)CCCCCc2nc3ccccc3n2C)CCc2cc(F)ccc2[C@@H]1C(C)C.Cl.Cl. The van der Waals surface area contributed by atoms with Gasteiger partial charge in [-0.3, -0.25) is 0 Å². The molecular weight excluding hydrogens is 564 g/mol.